The van der Waals surface area contributed by atoms with E-state index in [0.29, 0.717) is 6.61 Å². The SMILES string of the molecule is Brc1cnccc1Nc1ccccc1OCc1ccccc1. The highest BCUT2D eigenvalue weighted by molar-refractivity contribution is 9.10. The van der Waals surface area contributed by atoms with E-state index in [2.05, 4.69) is 38.4 Å². The van der Waals surface area contributed by atoms with Crippen molar-refractivity contribution >= 4 is 27.3 Å². The number of pyridine rings is 1. The van der Waals surface area contributed by atoms with Gasteiger partial charge in [-0.2, -0.15) is 0 Å². The molecular weight excluding hydrogens is 340 g/mol. The minimum atomic E-state index is 0.539. The molecule has 0 saturated carbocycles. The number of benzene rings is 2. The number of rotatable bonds is 5. The highest BCUT2D eigenvalue weighted by Gasteiger charge is 2.06. The molecule has 1 aromatic heterocycles. The van der Waals surface area contributed by atoms with Gasteiger partial charge in [0.2, 0.25) is 0 Å². The second kappa shape index (κ2) is 7.09. The lowest BCUT2D eigenvalue weighted by molar-refractivity contribution is 0.308. The first-order valence-corrected chi connectivity index (χ1v) is 7.74. The number of hydrogen-bond acceptors (Lipinski definition) is 3. The van der Waals surface area contributed by atoms with Crippen LogP contribution in [-0.4, -0.2) is 4.98 Å². The van der Waals surface area contributed by atoms with Crippen molar-refractivity contribution in [1.82, 2.24) is 4.98 Å². The number of nitrogens with zero attached hydrogens (tertiary/aromatic N) is 1. The van der Waals surface area contributed by atoms with Crippen LogP contribution in [0.3, 0.4) is 0 Å². The third-order valence-electron chi connectivity index (χ3n) is 3.17. The summed E-state index contributed by atoms with van der Waals surface area (Å²) in [6.45, 7) is 0.539. The van der Waals surface area contributed by atoms with Gasteiger partial charge in [-0.05, 0) is 39.7 Å². The average Bonchev–Trinajstić information content (AvgIpc) is 2.57. The molecule has 0 atom stereocenters. The van der Waals surface area contributed by atoms with E-state index in [9.17, 15) is 0 Å². The first kappa shape index (κ1) is 14.6. The van der Waals surface area contributed by atoms with Crippen LogP contribution in [0.1, 0.15) is 5.56 Å². The van der Waals surface area contributed by atoms with Gasteiger partial charge in [0, 0.05) is 12.4 Å². The van der Waals surface area contributed by atoms with Crippen molar-refractivity contribution in [2.75, 3.05) is 5.32 Å². The summed E-state index contributed by atoms with van der Waals surface area (Å²) < 4.78 is 6.85. The van der Waals surface area contributed by atoms with Crippen LogP contribution in [0.15, 0.2) is 77.5 Å². The summed E-state index contributed by atoms with van der Waals surface area (Å²) in [6, 6.07) is 19.9. The molecule has 22 heavy (non-hydrogen) atoms. The first-order valence-electron chi connectivity index (χ1n) is 6.95. The molecule has 0 bridgehead atoms. The van der Waals surface area contributed by atoms with Crippen LogP contribution in [0.2, 0.25) is 0 Å². The normalized spacial score (nSPS) is 10.2. The van der Waals surface area contributed by atoms with Crippen molar-refractivity contribution in [3.8, 4) is 5.75 Å². The molecule has 4 heteroatoms. The van der Waals surface area contributed by atoms with Crippen LogP contribution >= 0.6 is 15.9 Å². The van der Waals surface area contributed by atoms with Gasteiger partial charge in [0.05, 0.1) is 15.8 Å². The monoisotopic (exact) mass is 354 g/mol. The molecule has 0 unspecified atom stereocenters. The van der Waals surface area contributed by atoms with Crippen molar-refractivity contribution < 1.29 is 4.74 Å². The Balaban J connectivity index is 1.77. The standard InChI is InChI=1S/C18H15BrN2O/c19-15-12-20-11-10-16(15)21-17-8-4-5-9-18(17)22-13-14-6-2-1-3-7-14/h1-12H,13H2,(H,20,21). The average molecular weight is 355 g/mol. The van der Waals surface area contributed by atoms with Gasteiger partial charge in [-0.25, -0.2) is 0 Å². The van der Waals surface area contributed by atoms with Gasteiger partial charge >= 0.3 is 0 Å². The molecule has 1 N–H and O–H groups in total. The molecule has 0 fully saturated rings. The molecule has 0 aliphatic rings. The van der Waals surface area contributed by atoms with Gasteiger partial charge in [0.15, 0.2) is 0 Å². The molecule has 3 aromatic rings. The Labute approximate surface area is 138 Å². The summed E-state index contributed by atoms with van der Waals surface area (Å²) in [5.74, 6) is 0.815. The third-order valence-corrected chi connectivity index (χ3v) is 3.80. The Morgan fingerprint density at radius 3 is 2.50 bits per heavy atom. The fraction of sp³-hybridized carbons (Fsp3) is 0.0556. The van der Waals surface area contributed by atoms with E-state index in [4.69, 9.17) is 4.74 Å². The lowest BCUT2D eigenvalue weighted by atomic mass is 10.2. The van der Waals surface area contributed by atoms with Crippen molar-refractivity contribution in [2.24, 2.45) is 0 Å². The molecular formula is C18H15BrN2O. The minimum Gasteiger partial charge on any atom is -0.487 e. The van der Waals surface area contributed by atoms with E-state index in [0.717, 1.165) is 27.2 Å². The number of nitrogens with one attached hydrogen (secondary N) is 1. The zero-order valence-corrected chi connectivity index (χ0v) is 13.5. The van der Waals surface area contributed by atoms with E-state index in [1.807, 2.05) is 48.5 Å². The second-order valence-corrected chi connectivity index (χ2v) is 5.61. The Kier molecular flexibility index (Phi) is 4.71. The molecule has 110 valence electrons. The molecule has 0 aliphatic carbocycles. The summed E-state index contributed by atoms with van der Waals surface area (Å²) in [7, 11) is 0. The van der Waals surface area contributed by atoms with Crippen molar-refractivity contribution in [3.63, 3.8) is 0 Å². The fourth-order valence-corrected chi connectivity index (χ4v) is 2.40. The summed E-state index contributed by atoms with van der Waals surface area (Å²) in [5.41, 5.74) is 3.01. The summed E-state index contributed by atoms with van der Waals surface area (Å²) in [6.07, 6.45) is 3.51. The summed E-state index contributed by atoms with van der Waals surface area (Å²) >= 11 is 3.49. The predicted molar refractivity (Wildman–Crippen MR) is 92.4 cm³/mol. The van der Waals surface area contributed by atoms with Crippen LogP contribution < -0.4 is 10.1 Å². The predicted octanol–water partition coefficient (Wildman–Crippen LogP) is 5.17. The van der Waals surface area contributed by atoms with Gasteiger partial charge in [-0.1, -0.05) is 42.5 Å². The van der Waals surface area contributed by atoms with Crippen LogP contribution in [0.5, 0.6) is 5.75 Å². The number of para-hydroxylation sites is 2. The molecule has 1 heterocycles. The molecule has 3 rings (SSSR count). The first-order chi connectivity index (χ1) is 10.8. The van der Waals surface area contributed by atoms with Crippen LogP contribution in [0, 0.1) is 0 Å². The number of aromatic nitrogens is 1. The number of ether oxygens (including phenoxy) is 1. The summed E-state index contributed by atoms with van der Waals surface area (Å²) in [5, 5.41) is 3.37. The number of hydrogen-bond donors (Lipinski definition) is 1. The summed E-state index contributed by atoms with van der Waals surface area (Å²) in [4.78, 5) is 4.07. The third kappa shape index (κ3) is 3.65. The fourth-order valence-electron chi connectivity index (χ4n) is 2.05. The van der Waals surface area contributed by atoms with Crippen molar-refractivity contribution in [1.29, 1.82) is 0 Å². The highest BCUT2D eigenvalue weighted by atomic mass is 79.9. The second-order valence-electron chi connectivity index (χ2n) is 4.75. The highest BCUT2D eigenvalue weighted by Crippen LogP contribution is 2.31. The maximum Gasteiger partial charge on any atom is 0.143 e. The van der Waals surface area contributed by atoms with E-state index < -0.39 is 0 Å². The van der Waals surface area contributed by atoms with Crippen molar-refractivity contribution in [2.45, 2.75) is 6.61 Å². The smallest absolute Gasteiger partial charge is 0.143 e. The molecule has 0 aliphatic heterocycles. The van der Waals surface area contributed by atoms with Crippen LogP contribution in [0.4, 0.5) is 11.4 Å². The molecule has 0 spiro atoms. The quantitative estimate of drug-likeness (QED) is 0.686. The van der Waals surface area contributed by atoms with E-state index in [1.54, 1.807) is 12.4 Å². The maximum absolute atomic E-state index is 5.94. The molecule has 0 radical (unpaired) electrons. The molecule has 3 nitrogen and oxygen atoms in total. The molecule has 0 saturated heterocycles. The molecule has 0 amide bonds. The zero-order chi connectivity index (χ0) is 15.2. The Morgan fingerprint density at radius 2 is 1.68 bits per heavy atom. The van der Waals surface area contributed by atoms with E-state index >= 15 is 0 Å². The molecule has 2 aromatic carbocycles. The Hall–Kier alpha value is -2.33. The largest absolute Gasteiger partial charge is 0.487 e. The topological polar surface area (TPSA) is 34.2 Å². The van der Waals surface area contributed by atoms with Crippen LogP contribution in [0.25, 0.3) is 0 Å². The lowest BCUT2D eigenvalue weighted by Crippen LogP contribution is -1.99. The number of anilines is 2. The Morgan fingerprint density at radius 1 is 0.909 bits per heavy atom. The van der Waals surface area contributed by atoms with Crippen molar-refractivity contribution in [3.05, 3.63) is 83.1 Å². The van der Waals surface area contributed by atoms with E-state index in [-0.39, 0.29) is 0 Å². The Bertz CT molecular complexity index is 747. The zero-order valence-electron chi connectivity index (χ0n) is 11.9. The van der Waals surface area contributed by atoms with Gasteiger partial charge in [-0.15, -0.1) is 0 Å². The maximum atomic E-state index is 5.94. The number of halogens is 1. The van der Waals surface area contributed by atoms with Gasteiger partial charge in [0.25, 0.3) is 0 Å². The van der Waals surface area contributed by atoms with Gasteiger partial charge in [0.1, 0.15) is 12.4 Å². The van der Waals surface area contributed by atoms with Gasteiger partial charge in [-0.3, -0.25) is 4.98 Å². The minimum absolute atomic E-state index is 0.539. The van der Waals surface area contributed by atoms with Gasteiger partial charge < -0.3 is 10.1 Å². The van der Waals surface area contributed by atoms with E-state index in [1.165, 1.54) is 0 Å². The van der Waals surface area contributed by atoms with Crippen LogP contribution in [-0.2, 0) is 6.61 Å². The lowest BCUT2D eigenvalue weighted by Gasteiger charge is -2.14.